The van der Waals surface area contributed by atoms with Crippen LogP contribution >= 0.6 is 0 Å². The van der Waals surface area contributed by atoms with E-state index < -0.39 is 76.5 Å². The summed E-state index contributed by atoms with van der Waals surface area (Å²) in [7, 11) is 1.35. The molecule has 0 saturated carbocycles. The number of aromatic hydroxyl groups is 2. The first-order valence-electron chi connectivity index (χ1n) is 12.4. The van der Waals surface area contributed by atoms with Gasteiger partial charge in [-0.15, -0.1) is 0 Å². The minimum Gasteiger partial charge on any atom is -0.507 e. The van der Waals surface area contributed by atoms with Crippen LogP contribution in [0.1, 0.15) is 75.8 Å². The van der Waals surface area contributed by atoms with Crippen molar-refractivity contribution in [3.05, 3.63) is 51.6 Å². The van der Waals surface area contributed by atoms with Gasteiger partial charge in [0, 0.05) is 42.0 Å². The number of phenolic OH excluding ortho intramolecular Hbond substituents is 2. The van der Waals surface area contributed by atoms with E-state index >= 15 is 0 Å². The Balaban J connectivity index is 1.68. The minimum absolute atomic E-state index is 0.00187. The zero-order valence-corrected chi connectivity index (χ0v) is 21.2. The molecule has 11 nitrogen and oxygen atoms in total. The Morgan fingerprint density at radius 1 is 1.13 bits per heavy atom. The average molecular weight is 530 g/mol. The molecule has 2 aromatic carbocycles. The largest absolute Gasteiger partial charge is 0.507 e. The van der Waals surface area contributed by atoms with Crippen molar-refractivity contribution >= 4 is 11.6 Å². The van der Waals surface area contributed by atoms with Gasteiger partial charge in [-0.1, -0.05) is 12.1 Å². The van der Waals surface area contributed by atoms with Gasteiger partial charge in [-0.2, -0.15) is 0 Å². The summed E-state index contributed by atoms with van der Waals surface area (Å²) >= 11 is 0. The van der Waals surface area contributed by atoms with Gasteiger partial charge in [0.2, 0.25) is 5.78 Å². The topological polar surface area (TPSA) is 189 Å². The first kappa shape index (κ1) is 26.5. The second-order valence-corrected chi connectivity index (χ2v) is 10.3. The molecule has 1 heterocycles. The second-order valence-electron chi connectivity index (χ2n) is 10.3. The number of aliphatic hydroxyl groups excluding tert-OH is 2. The standard InChI is InChI=1S/C27H31NO10/c1-10-22(30)14(28)7-17(37-10)38-16-9-27(35,11(2)29)8-13-19(16)26(34)21-20(24(13)32)23(31)12-5-4-6-15(36-3)18(12)25(21)33/h4-6,10-11,14,16-17,22,29-30,32,34-35H,7-9,28H2,1-3H3/t10-,11+,14-,16-,17-,22+,27-/m0/s1. The van der Waals surface area contributed by atoms with Crippen molar-refractivity contribution in [3.63, 3.8) is 0 Å². The molecule has 204 valence electrons. The van der Waals surface area contributed by atoms with Crippen molar-refractivity contribution in [2.75, 3.05) is 7.11 Å². The third kappa shape index (κ3) is 3.89. The van der Waals surface area contributed by atoms with Crippen LogP contribution in [-0.4, -0.2) is 80.5 Å². The van der Waals surface area contributed by atoms with Crippen LogP contribution < -0.4 is 10.5 Å². The Morgan fingerprint density at radius 2 is 1.82 bits per heavy atom. The lowest BCUT2D eigenvalue weighted by Gasteiger charge is -2.43. The summed E-state index contributed by atoms with van der Waals surface area (Å²) in [6, 6.07) is 3.80. The molecule has 0 radical (unpaired) electrons. The number of carbonyl (C=O) groups excluding carboxylic acids is 2. The smallest absolute Gasteiger partial charge is 0.202 e. The quantitative estimate of drug-likeness (QED) is 0.263. The fourth-order valence-electron chi connectivity index (χ4n) is 5.74. The number of ketones is 2. The van der Waals surface area contributed by atoms with Crippen LogP contribution in [0, 0.1) is 0 Å². The maximum atomic E-state index is 13.6. The molecule has 2 aromatic rings. The normalized spacial score (nSPS) is 31.3. The molecule has 1 aliphatic heterocycles. The number of methoxy groups -OCH3 is 1. The summed E-state index contributed by atoms with van der Waals surface area (Å²) in [5, 5.41) is 54.7. The molecule has 1 fully saturated rings. The maximum absolute atomic E-state index is 13.6. The van der Waals surface area contributed by atoms with Crippen molar-refractivity contribution in [2.24, 2.45) is 5.73 Å². The Bertz CT molecular complexity index is 1310. The molecule has 0 amide bonds. The maximum Gasteiger partial charge on any atom is 0.202 e. The molecule has 0 spiro atoms. The van der Waals surface area contributed by atoms with Crippen LogP contribution in [0.5, 0.6) is 17.2 Å². The number of hydrogen-bond donors (Lipinski definition) is 6. The Morgan fingerprint density at radius 3 is 2.45 bits per heavy atom. The number of ether oxygens (including phenoxy) is 3. The average Bonchev–Trinajstić information content (AvgIpc) is 2.87. The molecule has 2 aliphatic carbocycles. The van der Waals surface area contributed by atoms with E-state index in [-0.39, 0.29) is 47.3 Å². The van der Waals surface area contributed by atoms with Gasteiger partial charge in [0.05, 0.1) is 53.8 Å². The molecule has 5 rings (SSSR count). The van der Waals surface area contributed by atoms with E-state index in [1.165, 1.54) is 32.2 Å². The summed E-state index contributed by atoms with van der Waals surface area (Å²) < 4.78 is 17.1. The summed E-state index contributed by atoms with van der Waals surface area (Å²) in [6.07, 6.45) is -5.47. The Labute approximate surface area is 218 Å². The number of hydrogen-bond acceptors (Lipinski definition) is 11. The first-order valence-corrected chi connectivity index (χ1v) is 12.4. The van der Waals surface area contributed by atoms with Crippen molar-refractivity contribution in [1.82, 2.24) is 0 Å². The van der Waals surface area contributed by atoms with Gasteiger partial charge >= 0.3 is 0 Å². The minimum atomic E-state index is -1.80. The number of phenols is 2. The number of nitrogens with two attached hydrogens (primary N) is 1. The molecule has 0 unspecified atom stereocenters. The third-order valence-electron chi connectivity index (χ3n) is 7.95. The van der Waals surface area contributed by atoms with Crippen molar-refractivity contribution < 1.29 is 49.3 Å². The lowest BCUT2D eigenvalue weighted by molar-refractivity contribution is -0.250. The molecule has 11 heteroatoms. The molecule has 0 aromatic heterocycles. The van der Waals surface area contributed by atoms with Gasteiger partial charge in [0.1, 0.15) is 17.2 Å². The van der Waals surface area contributed by atoms with Gasteiger partial charge in [-0.25, -0.2) is 0 Å². The molecule has 1 saturated heterocycles. The van der Waals surface area contributed by atoms with Crippen LogP contribution in [-0.2, 0) is 15.9 Å². The SMILES string of the molecule is COc1cccc2c1C(=O)c1c(O)c3c(c(O)c1C2=O)C[C@@](O)([C@@H](C)O)C[C@@H]3O[C@H]1C[C@H](N)[C@H](O)[C@H](C)O1. The summed E-state index contributed by atoms with van der Waals surface area (Å²) in [5.74, 6) is -2.44. The van der Waals surface area contributed by atoms with Gasteiger partial charge in [-0.05, 0) is 19.9 Å². The number of fused-ring (bicyclic) bond motifs is 3. The number of rotatable bonds is 4. The first-order chi connectivity index (χ1) is 17.9. The highest BCUT2D eigenvalue weighted by atomic mass is 16.7. The predicted molar refractivity (Wildman–Crippen MR) is 131 cm³/mol. The van der Waals surface area contributed by atoms with E-state index in [9.17, 15) is 35.1 Å². The fourth-order valence-corrected chi connectivity index (χ4v) is 5.74. The van der Waals surface area contributed by atoms with Crippen molar-refractivity contribution in [3.8, 4) is 17.2 Å². The van der Waals surface area contributed by atoms with Crippen molar-refractivity contribution in [2.45, 2.75) is 75.5 Å². The van der Waals surface area contributed by atoms with E-state index in [2.05, 4.69) is 0 Å². The van der Waals surface area contributed by atoms with E-state index in [1.54, 1.807) is 6.92 Å². The van der Waals surface area contributed by atoms with Crippen LogP contribution in [0.25, 0.3) is 0 Å². The van der Waals surface area contributed by atoms with E-state index in [4.69, 9.17) is 19.9 Å². The van der Waals surface area contributed by atoms with Crippen LogP contribution in [0.2, 0.25) is 0 Å². The Hall–Kier alpha value is -3.06. The highest BCUT2D eigenvalue weighted by molar-refractivity contribution is 6.31. The van der Waals surface area contributed by atoms with Gasteiger partial charge in [0.15, 0.2) is 12.1 Å². The summed E-state index contributed by atoms with van der Waals surface area (Å²) in [6.45, 7) is 3.00. The molecular formula is C27H31NO10. The molecule has 3 aliphatic rings. The second kappa shape index (κ2) is 9.30. The van der Waals surface area contributed by atoms with E-state index in [1.807, 2.05) is 0 Å². The zero-order valence-electron chi connectivity index (χ0n) is 21.2. The van der Waals surface area contributed by atoms with Crippen LogP contribution in [0.3, 0.4) is 0 Å². The third-order valence-corrected chi connectivity index (χ3v) is 7.95. The molecule has 0 bridgehead atoms. The van der Waals surface area contributed by atoms with Crippen LogP contribution in [0.4, 0.5) is 0 Å². The van der Waals surface area contributed by atoms with Gasteiger partial charge in [-0.3, -0.25) is 9.59 Å². The van der Waals surface area contributed by atoms with Crippen molar-refractivity contribution in [1.29, 1.82) is 0 Å². The lowest BCUT2D eigenvalue weighted by atomic mass is 9.71. The molecule has 38 heavy (non-hydrogen) atoms. The predicted octanol–water partition coefficient (Wildman–Crippen LogP) is 0.821. The molecular weight excluding hydrogens is 498 g/mol. The number of aliphatic hydroxyl groups is 3. The van der Waals surface area contributed by atoms with Gasteiger partial charge in [0.25, 0.3) is 0 Å². The summed E-state index contributed by atoms with van der Waals surface area (Å²) in [4.78, 5) is 27.1. The molecule has 7 N–H and O–H groups in total. The molecule has 7 atom stereocenters. The van der Waals surface area contributed by atoms with E-state index in [0.29, 0.717) is 0 Å². The van der Waals surface area contributed by atoms with Gasteiger partial charge < -0.3 is 45.5 Å². The summed E-state index contributed by atoms with van der Waals surface area (Å²) in [5.41, 5.74) is 3.37. The zero-order chi connectivity index (χ0) is 27.7. The number of carbonyl (C=O) groups is 2. The Kier molecular flexibility index (Phi) is 6.49. The monoisotopic (exact) mass is 529 g/mol. The highest BCUT2D eigenvalue weighted by Crippen LogP contribution is 2.52. The number of benzene rings is 2. The lowest BCUT2D eigenvalue weighted by Crippen LogP contribution is -2.53. The van der Waals surface area contributed by atoms with E-state index in [0.717, 1.165) is 0 Å². The fraction of sp³-hybridized carbons (Fsp3) is 0.481. The van der Waals surface area contributed by atoms with Crippen LogP contribution in [0.15, 0.2) is 18.2 Å². The highest BCUT2D eigenvalue weighted by Gasteiger charge is 2.49.